The molecule has 0 spiro atoms. The largest absolute Gasteiger partial charge is 0.480 e. The molecule has 2 aromatic carbocycles. The Morgan fingerprint density at radius 3 is 1.65 bits per heavy atom. The second-order valence-electron chi connectivity index (χ2n) is 15.2. The Balaban J connectivity index is 2.18. The number of nitrogens with one attached hydrogen (secondary N) is 4. The predicted octanol–water partition coefficient (Wildman–Crippen LogP) is 4.78. The Morgan fingerprint density at radius 1 is 0.722 bits per heavy atom. The molecule has 0 aliphatic carbocycles. The number of carbonyl (C=O) groups excluding carboxylic acids is 5. The Labute approximate surface area is 318 Å². The first-order valence-electron chi connectivity index (χ1n) is 18.1. The van der Waals surface area contributed by atoms with Crippen LogP contribution in [0, 0.1) is 5.92 Å². The molecule has 0 fully saturated rings. The molecule has 296 valence electrons. The van der Waals surface area contributed by atoms with Crippen LogP contribution in [0.25, 0.3) is 0 Å². The number of aliphatic imine (C=N–C) groups is 1. The monoisotopic (exact) mass is 751 g/mol. The molecule has 4 amide bonds. The summed E-state index contributed by atoms with van der Waals surface area (Å²) in [5.41, 5.74) is 0.0481. The van der Waals surface area contributed by atoms with Gasteiger partial charge in [0.1, 0.15) is 29.3 Å². The van der Waals surface area contributed by atoms with Crippen LogP contribution in [0.2, 0.25) is 0 Å². The minimum Gasteiger partial charge on any atom is -0.480 e. The van der Waals surface area contributed by atoms with E-state index in [4.69, 9.17) is 9.47 Å². The number of ketones is 1. The zero-order valence-electron chi connectivity index (χ0n) is 32.6. The molecular formula is C40H57N5O9. The Kier molecular flexibility index (Phi) is 17.8. The van der Waals surface area contributed by atoms with E-state index in [0.717, 1.165) is 11.1 Å². The normalized spacial score (nSPS) is 14.4. The fraction of sp³-hybridized carbons (Fsp3) is 0.525. The smallest absolute Gasteiger partial charge is 0.408 e. The first kappa shape index (κ1) is 44.9. The lowest BCUT2D eigenvalue weighted by atomic mass is 9.98. The van der Waals surface area contributed by atoms with Gasteiger partial charge in [0.2, 0.25) is 11.8 Å². The number of rotatable bonds is 19. The quantitative estimate of drug-likeness (QED) is 0.0990. The van der Waals surface area contributed by atoms with E-state index in [1.165, 1.54) is 13.1 Å². The molecule has 0 bridgehead atoms. The number of alkyl carbamates (subject to hydrolysis) is 2. The first-order valence-corrected chi connectivity index (χ1v) is 18.1. The fourth-order valence-electron chi connectivity index (χ4n) is 5.18. The summed E-state index contributed by atoms with van der Waals surface area (Å²) in [4.78, 5) is 81.2. The van der Waals surface area contributed by atoms with Gasteiger partial charge in [0.25, 0.3) is 0 Å². The van der Waals surface area contributed by atoms with Crippen molar-refractivity contribution >= 4 is 42.0 Å². The second kappa shape index (κ2) is 21.4. The van der Waals surface area contributed by atoms with Crippen LogP contribution < -0.4 is 21.3 Å². The average molecular weight is 752 g/mol. The fourth-order valence-corrected chi connectivity index (χ4v) is 5.18. The van der Waals surface area contributed by atoms with Gasteiger partial charge in [-0.2, -0.15) is 0 Å². The Bertz CT molecular complexity index is 1570. The highest BCUT2D eigenvalue weighted by molar-refractivity contribution is 5.94. The summed E-state index contributed by atoms with van der Waals surface area (Å²) in [6, 6.07) is 13.8. The number of carboxylic acids is 1. The van der Waals surface area contributed by atoms with E-state index < -0.39 is 71.3 Å². The molecule has 0 aromatic heterocycles. The third-order valence-electron chi connectivity index (χ3n) is 7.75. The number of nitrogens with zero attached hydrogens (tertiary/aromatic N) is 1. The predicted molar refractivity (Wildman–Crippen MR) is 205 cm³/mol. The maximum absolute atomic E-state index is 13.9. The number of aliphatic carboxylic acids is 1. The molecular weight excluding hydrogens is 694 g/mol. The van der Waals surface area contributed by atoms with Crippen molar-refractivity contribution in [2.45, 2.75) is 123 Å². The molecule has 2 rings (SSSR count). The number of Topliss-reactive ketones (excluding diaryl/α,β-unsaturated/α-hetero) is 1. The molecule has 2 aromatic rings. The van der Waals surface area contributed by atoms with Gasteiger partial charge < -0.3 is 35.8 Å². The van der Waals surface area contributed by atoms with Crippen molar-refractivity contribution in [3.8, 4) is 0 Å². The van der Waals surface area contributed by atoms with Crippen molar-refractivity contribution in [3.63, 3.8) is 0 Å². The first-order chi connectivity index (χ1) is 25.2. The second-order valence-corrected chi connectivity index (χ2v) is 15.2. The van der Waals surface area contributed by atoms with Crippen LogP contribution in [-0.4, -0.2) is 89.0 Å². The third kappa shape index (κ3) is 18.5. The Hall–Kier alpha value is -5.27. The topological polar surface area (TPSA) is 202 Å². The minimum atomic E-state index is -1.14. The van der Waals surface area contributed by atoms with Gasteiger partial charge in [-0.05, 0) is 84.8 Å². The van der Waals surface area contributed by atoms with Gasteiger partial charge in [-0.3, -0.25) is 19.4 Å². The van der Waals surface area contributed by atoms with Crippen LogP contribution in [0.5, 0.6) is 0 Å². The lowest BCUT2D eigenvalue weighted by molar-refractivity contribution is -0.138. The molecule has 0 aliphatic heterocycles. The van der Waals surface area contributed by atoms with Gasteiger partial charge in [0, 0.05) is 25.6 Å². The summed E-state index contributed by atoms with van der Waals surface area (Å²) in [6.45, 7) is 13.6. The third-order valence-corrected chi connectivity index (χ3v) is 7.75. The summed E-state index contributed by atoms with van der Waals surface area (Å²) < 4.78 is 10.6. The number of carbonyl (C=O) groups is 6. The SMILES string of the molecule is CC(=O)[C@@H](CC(C)C=N[C@H](CCCNC(=O)OC(C)(C)C)C(=O)O)NC(=O)[C@@H](Cc1ccccc1)NC(=O)[C@@H](Cc1ccccc1)NC(=O)OC(C)(C)C. The molecule has 0 saturated carbocycles. The van der Waals surface area contributed by atoms with Gasteiger partial charge in [-0.1, -0.05) is 67.6 Å². The number of benzene rings is 2. The molecule has 1 unspecified atom stereocenters. The molecule has 14 nitrogen and oxygen atoms in total. The van der Waals surface area contributed by atoms with Crippen LogP contribution >= 0.6 is 0 Å². The molecule has 0 radical (unpaired) electrons. The van der Waals surface area contributed by atoms with Gasteiger partial charge in [0.05, 0.1) is 6.04 Å². The van der Waals surface area contributed by atoms with E-state index in [1.54, 1.807) is 72.7 Å². The number of hydrogen-bond acceptors (Lipinski definition) is 9. The van der Waals surface area contributed by atoms with E-state index in [9.17, 15) is 33.9 Å². The standard InChI is InChI=1S/C40H57N5O9/c1-26(25-42-30(36(49)50)20-15-21-41-37(51)53-39(3,4)5)22-31(27(2)46)43-34(47)32(23-28-16-11-9-12-17-28)44-35(48)33(24-29-18-13-10-14-19-29)45-38(52)54-40(6,7)8/h9-14,16-19,25-26,30-33H,15,20-24H2,1-8H3,(H,41,51)(H,43,47)(H,44,48)(H,45,52)(H,49,50)/t26?,30-,31-,32-,33-/m1/s1. The van der Waals surface area contributed by atoms with E-state index in [2.05, 4.69) is 26.3 Å². The maximum Gasteiger partial charge on any atom is 0.408 e. The van der Waals surface area contributed by atoms with Gasteiger partial charge in [0.15, 0.2) is 5.78 Å². The van der Waals surface area contributed by atoms with Crippen LogP contribution in [0.15, 0.2) is 65.7 Å². The van der Waals surface area contributed by atoms with Crippen molar-refractivity contribution in [1.29, 1.82) is 0 Å². The summed E-state index contributed by atoms with van der Waals surface area (Å²) in [5, 5.41) is 20.5. The summed E-state index contributed by atoms with van der Waals surface area (Å²) in [6.07, 6.45) is 0.862. The summed E-state index contributed by atoms with van der Waals surface area (Å²) in [7, 11) is 0. The van der Waals surface area contributed by atoms with Gasteiger partial charge in [-0.15, -0.1) is 0 Å². The highest BCUT2D eigenvalue weighted by Gasteiger charge is 2.31. The van der Waals surface area contributed by atoms with Crippen molar-refractivity contribution in [3.05, 3.63) is 71.8 Å². The molecule has 14 heteroatoms. The zero-order valence-corrected chi connectivity index (χ0v) is 32.6. The molecule has 5 atom stereocenters. The van der Waals surface area contributed by atoms with Crippen LogP contribution in [0.4, 0.5) is 9.59 Å². The van der Waals surface area contributed by atoms with E-state index >= 15 is 0 Å². The molecule has 5 N–H and O–H groups in total. The van der Waals surface area contributed by atoms with Crippen molar-refractivity contribution in [2.24, 2.45) is 10.9 Å². The Morgan fingerprint density at radius 2 is 1.19 bits per heavy atom. The molecule has 54 heavy (non-hydrogen) atoms. The van der Waals surface area contributed by atoms with E-state index in [1.807, 2.05) is 36.4 Å². The number of amides is 4. The van der Waals surface area contributed by atoms with Crippen molar-refractivity contribution < 1.29 is 43.3 Å². The lowest BCUT2D eigenvalue weighted by Crippen LogP contribution is -2.57. The van der Waals surface area contributed by atoms with Crippen LogP contribution in [0.1, 0.15) is 85.8 Å². The van der Waals surface area contributed by atoms with E-state index in [-0.39, 0.29) is 38.0 Å². The number of carboxylic acid groups (broad SMARTS) is 1. The highest BCUT2D eigenvalue weighted by atomic mass is 16.6. The highest BCUT2D eigenvalue weighted by Crippen LogP contribution is 2.13. The molecule has 0 saturated heterocycles. The van der Waals surface area contributed by atoms with Crippen molar-refractivity contribution in [2.75, 3.05) is 6.54 Å². The van der Waals surface area contributed by atoms with Gasteiger partial charge in [-0.25, -0.2) is 14.4 Å². The van der Waals surface area contributed by atoms with E-state index in [0.29, 0.717) is 6.42 Å². The number of hydrogen-bond donors (Lipinski definition) is 5. The zero-order chi connectivity index (χ0) is 40.5. The summed E-state index contributed by atoms with van der Waals surface area (Å²) >= 11 is 0. The minimum absolute atomic E-state index is 0.0909. The lowest BCUT2D eigenvalue weighted by Gasteiger charge is -2.26. The van der Waals surface area contributed by atoms with Crippen LogP contribution in [0.3, 0.4) is 0 Å². The van der Waals surface area contributed by atoms with Crippen molar-refractivity contribution in [1.82, 2.24) is 21.3 Å². The van der Waals surface area contributed by atoms with Crippen LogP contribution in [-0.2, 0) is 41.5 Å². The number of ether oxygens (including phenoxy) is 2. The van der Waals surface area contributed by atoms with Gasteiger partial charge >= 0.3 is 18.2 Å². The average Bonchev–Trinajstić information content (AvgIpc) is 3.06. The maximum atomic E-state index is 13.9. The molecule has 0 aliphatic rings. The summed E-state index contributed by atoms with van der Waals surface area (Å²) in [5.74, 6) is -3.14. The molecule has 0 heterocycles.